The Morgan fingerprint density at radius 1 is 1.50 bits per heavy atom. The molecule has 0 atom stereocenters. The van der Waals surface area contributed by atoms with E-state index in [9.17, 15) is 0 Å². The van der Waals surface area contributed by atoms with Gasteiger partial charge >= 0.3 is 0 Å². The molecule has 0 spiro atoms. The van der Waals surface area contributed by atoms with E-state index >= 15 is 0 Å². The summed E-state index contributed by atoms with van der Waals surface area (Å²) in [6.07, 6.45) is 7.69. The first-order chi connectivity index (χ1) is 3.93. The van der Waals surface area contributed by atoms with Crippen molar-refractivity contribution in [1.82, 2.24) is 5.32 Å². The van der Waals surface area contributed by atoms with E-state index in [2.05, 4.69) is 5.32 Å². The molecule has 1 rings (SSSR count). The van der Waals surface area contributed by atoms with Crippen LogP contribution in [-0.2, 0) is 0 Å². The van der Waals surface area contributed by atoms with Crippen LogP contribution in [0.3, 0.4) is 0 Å². The van der Waals surface area contributed by atoms with Crippen LogP contribution in [0.4, 0.5) is 0 Å². The molecule has 0 aliphatic carbocycles. The minimum Gasteiger partial charge on any atom is -0.378 e. The first kappa shape index (κ1) is 5.70. The van der Waals surface area contributed by atoms with Gasteiger partial charge in [-0.2, -0.15) is 0 Å². The fraction of sp³-hybridized carbons (Fsp3) is 0.167. The maximum Gasteiger partial charge on any atom is 0.0970 e. The SMILES string of the molecule is ClC[C]1C=CC=CN1. The van der Waals surface area contributed by atoms with Crippen LogP contribution in [0.2, 0.25) is 0 Å². The Morgan fingerprint density at radius 2 is 2.38 bits per heavy atom. The lowest BCUT2D eigenvalue weighted by Gasteiger charge is -2.09. The van der Waals surface area contributed by atoms with Crippen molar-refractivity contribution < 1.29 is 0 Å². The fourth-order valence-corrected chi connectivity index (χ4v) is 0.680. The van der Waals surface area contributed by atoms with Gasteiger partial charge in [-0.1, -0.05) is 12.2 Å². The fourth-order valence-electron chi connectivity index (χ4n) is 0.514. The predicted molar refractivity (Wildman–Crippen MR) is 35.4 cm³/mol. The van der Waals surface area contributed by atoms with E-state index in [0.29, 0.717) is 5.88 Å². The van der Waals surface area contributed by atoms with Crippen molar-refractivity contribution in [2.45, 2.75) is 0 Å². The van der Waals surface area contributed by atoms with Crippen LogP contribution in [0.25, 0.3) is 0 Å². The lowest BCUT2D eigenvalue weighted by Crippen LogP contribution is -2.15. The van der Waals surface area contributed by atoms with Gasteiger partial charge in [0.15, 0.2) is 0 Å². The highest BCUT2D eigenvalue weighted by atomic mass is 35.5. The second-order valence-corrected chi connectivity index (χ2v) is 1.79. The molecule has 1 N–H and O–H groups in total. The standard InChI is InChI=1S/C6H7ClN/c7-5-6-3-1-2-4-8-6/h1-4,8H,5H2. The molecular formula is C6H7ClN. The van der Waals surface area contributed by atoms with Crippen LogP contribution in [-0.4, -0.2) is 5.88 Å². The summed E-state index contributed by atoms with van der Waals surface area (Å²) in [5.41, 5.74) is 0. The largest absolute Gasteiger partial charge is 0.378 e. The summed E-state index contributed by atoms with van der Waals surface area (Å²) in [5, 5.41) is 2.99. The number of hydrogen-bond acceptors (Lipinski definition) is 1. The van der Waals surface area contributed by atoms with E-state index in [1.165, 1.54) is 0 Å². The Hall–Kier alpha value is -0.430. The molecule has 0 unspecified atom stereocenters. The van der Waals surface area contributed by atoms with Gasteiger partial charge in [-0.05, 0) is 12.3 Å². The van der Waals surface area contributed by atoms with Gasteiger partial charge in [0.05, 0.1) is 11.9 Å². The molecular weight excluding hydrogens is 122 g/mol. The molecule has 1 heterocycles. The number of halogens is 1. The normalized spacial score (nSPS) is 18.6. The first-order valence-electron chi connectivity index (χ1n) is 2.45. The summed E-state index contributed by atoms with van der Waals surface area (Å²) >= 11 is 5.50. The molecule has 43 valence electrons. The summed E-state index contributed by atoms with van der Waals surface area (Å²) in [5.74, 6) is 0.556. The van der Waals surface area contributed by atoms with Gasteiger partial charge < -0.3 is 5.32 Å². The molecule has 0 fully saturated rings. The Kier molecular flexibility index (Phi) is 1.98. The molecule has 0 aromatic heterocycles. The smallest absolute Gasteiger partial charge is 0.0970 e. The summed E-state index contributed by atoms with van der Waals surface area (Å²) in [4.78, 5) is 0. The van der Waals surface area contributed by atoms with E-state index in [1.54, 1.807) is 0 Å². The Labute approximate surface area is 54.0 Å². The molecule has 0 saturated carbocycles. The molecule has 0 amide bonds. The zero-order valence-corrected chi connectivity index (χ0v) is 5.15. The highest BCUT2D eigenvalue weighted by molar-refractivity contribution is 6.19. The third kappa shape index (κ3) is 1.27. The topological polar surface area (TPSA) is 12.0 Å². The summed E-state index contributed by atoms with van der Waals surface area (Å²) in [7, 11) is 0. The molecule has 0 saturated heterocycles. The van der Waals surface area contributed by atoms with Crippen LogP contribution in [0.1, 0.15) is 0 Å². The maximum atomic E-state index is 5.50. The molecule has 2 heteroatoms. The Bertz CT molecular complexity index is 118. The van der Waals surface area contributed by atoms with Gasteiger partial charge in [-0.15, -0.1) is 11.6 Å². The van der Waals surface area contributed by atoms with Crippen LogP contribution in [0, 0.1) is 6.04 Å². The summed E-state index contributed by atoms with van der Waals surface area (Å²) in [6, 6.07) is 1.05. The molecule has 0 aromatic rings. The van der Waals surface area contributed by atoms with Crippen molar-refractivity contribution in [2.75, 3.05) is 5.88 Å². The monoisotopic (exact) mass is 128 g/mol. The Morgan fingerprint density at radius 3 is 2.75 bits per heavy atom. The summed E-state index contributed by atoms with van der Waals surface area (Å²) in [6.45, 7) is 0. The molecule has 1 radical (unpaired) electrons. The highest BCUT2D eigenvalue weighted by Crippen LogP contribution is 2.03. The van der Waals surface area contributed by atoms with Gasteiger partial charge in [0.1, 0.15) is 0 Å². The van der Waals surface area contributed by atoms with Crippen LogP contribution in [0.5, 0.6) is 0 Å². The minimum atomic E-state index is 0.556. The second-order valence-electron chi connectivity index (χ2n) is 1.52. The third-order valence-electron chi connectivity index (χ3n) is 0.917. The number of allylic oxidation sites excluding steroid dienone is 2. The average molecular weight is 129 g/mol. The van der Waals surface area contributed by atoms with Crippen molar-refractivity contribution in [3.05, 3.63) is 30.5 Å². The number of dihydropyridines is 1. The Balaban J connectivity index is 2.40. The van der Waals surface area contributed by atoms with E-state index < -0.39 is 0 Å². The minimum absolute atomic E-state index is 0.556. The second kappa shape index (κ2) is 2.78. The molecule has 1 nitrogen and oxygen atoms in total. The molecule has 8 heavy (non-hydrogen) atoms. The molecule has 1 aliphatic heterocycles. The zero-order valence-electron chi connectivity index (χ0n) is 4.39. The average Bonchev–Trinajstić information content (AvgIpc) is 1.90. The van der Waals surface area contributed by atoms with Crippen molar-refractivity contribution >= 4 is 11.6 Å². The molecule has 0 aromatic carbocycles. The number of nitrogens with one attached hydrogen (secondary N) is 1. The lowest BCUT2D eigenvalue weighted by atomic mass is 10.2. The van der Waals surface area contributed by atoms with Crippen LogP contribution in [0.15, 0.2) is 24.4 Å². The van der Waals surface area contributed by atoms with Gasteiger partial charge in [0, 0.05) is 0 Å². The highest BCUT2D eigenvalue weighted by Gasteiger charge is 2.00. The quantitative estimate of drug-likeness (QED) is 0.527. The van der Waals surface area contributed by atoms with Gasteiger partial charge in [0.2, 0.25) is 0 Å². The maximum absolute atomic E-state index is 5.50. The predicted octanol–water partition coefficient (Wildman–Crippen LogP) is 1.43. The number of alkyl halides is 1. The van der Waals surface area contributed by atoms with Gasteiger partial charge in [-0.25, -0.2) is 0 Å². The van der Waals surface area contributed by atoms with Crippen LogP contribution >= 0.6 is 11.6 Å². The molecule has 1 aliphatic rings. The zero-order chi connectivity index (χ0) is 5.82. The van der Waals surface area contributed by atoms with Crippen molar-refractivity contribution in [2.24, 2.45) is 0 Å². The van der Waals surface area contributed by atoms with E-state index in [4.69, 9.17) is 11.6 Å². The summed E-state index contributed by atoms with van der Waals surface area (Å²) < 4.78 is 0. The van der Waals surface area contributed by atoms with Gasteiger partial charge in [0.25, 0.3) is 0 Å². The van der Waals surface area contributed by atoms with E-state index in [1.807, 2.05) is 24.4 Å². The van der Waals surface area contributed by atoms with E-state index in [0.717, 1.165) is 6.04 Å². The van der Waals surface area contributed by atoms with Crippen molar-refractivity contribution in [3.63, 3.8) is 0 Å². The number of hydrogen-bond donors (Lipinski definition) is 1. The van der Waals surface area contributed by atoms with Crippen LogP contribution < -0.4 is 5.32 Å². The lowest BCUT2D eigenvalue weighted by molar-refractivity contribution is 0.933. The number of rotatable bonds is 1. The molecule has 0 bridgehead atoms. The van der Waals surface area contributed by atoms with Crippen molar-refractivity contribution in [3.8, 4) is 0 Å². The third-order valence-corrected chi connectivity index (χ3v) is 1.21. The van der Waals surface area contributed by atoms with Crippen molar-refractivity contribution in [1.29, 1.82) is 0 Å². The van der Waals surface area contributed by atoms with E-state index in [-0.39, 0.29) is 0 Å². The first-order valence-corrected chi connectivity index (χ1v) is 2.98. The van der Waals surface area contributed by atoms with Gasteiger partial charge in [-0.3, -0.25) is 0 Å².